The minimum absolute atomic E-state index is 0.0205. The first-order valence-electron chi connectivity index (χ1n) is 10.5. The maximum atomic E-state index is 12.9. The third-order valence-electron chi connectivity index (χ3n) is 5.98. The molecule has 158 valence electrons. The van der Waals surface area contributed by atoms with Crippen molar-refractivity contribution in [2.75, 3.05) is 11.9 Å². The van der Waals surface area contributed by atoms with E-state index in [9.17, 15) is 14.4 Å². The van der Waals surface area contributed by atoms with E-state index in [-0.39, 0.29) is 18.2 Å². The lowest BCUT2D eigenvalue weighted by atomic mass is 10.0. The van der Waals surface area contributed by atoms with Gasteiger partial charge in [0.1, 0.15) is 5.00 Å². The van der Waals surface area contributed by atoms with E-state index < -0.39 is 11.8 Å². The molecule has 1 aliphatic carbocycles. The van der Waals surface area contributed by atoms with Gasteiger partial charge in [0.25, 0.3) is 5.91 Å². The predicted octanol–water partition coefficient (Wildman–Crippen LogP) is 3.41. The molecule has 0 saturated carbocycles. The number of nitrogens with two attached hydrogens (primary N) is 1. The summed E-state index contributed by atoms with van der Waals surface area (Å²) in [5.41, 5.74) is 9.34. The van der Waals surface area contributed by atoms with Gasteiger partial charge in [0.15, 0.2) is 0 Å². The zero-order valence-electron chi connectivity index (χ0n) is 17.2. The number of thiophene rings is 1. The summed E-state index contributed by atoms with van der Waals surface area (Å²) < 4.78 is 0. The molecule has 4 rings (SSSR count). The highest BCUT2D eigenvalue weighted by Crippen LogP contribution is 2.37. The second-order valence-corrected chi connectivity index (χ2v) is 9.39. The molecule has 1 aromatic heterocycles. The smallest absolute Gasteiger partial charge is 0.251 e. The Morgan fingerprint density at radius 2 is 1.90 bits per heavy atom. The number of aryl methyl sites for hydroxylation is 2. The van der Waals surface area contributed by atoms with Crippen LogP contribution in [0.5, 0.6) is 0 Å². The summed E-state index contributed by atoms with van der Waals surface area (Å²) in [7, 11) is 0. The summed E-state index contributed by atoms with van der Waals surface area (Å²) in [6.45, 7) is 2.91. The fraction of sp³-hybridized carbons (Fsp3) is 0.435. The Labute approximate surface area is 180 Å². The Morgan fingerprint density at radius 3 is 2.63 bits per heavy atom. The number of carbonyl (C=O) groups is 3. The van der Waals surface area contributed by atoms with E-state index in [4.69, 9.17) is 5.73 Å². The molecule has 1 unspecified atom stereocenters. The Balaban J connectivity index is 1.46. The lowest BCUT2D eigenvalue weighted by Gasteiger charge is -2.17. The van der Waals surface area contributed by atoms with Crippen molar-refractivity contribution in [2.45, 2.75) is 52.0 Å². The van der Waals surface area contributed by atoms with E-state index in [1.165, 1.54) is 16.9 Å². The van der Waals surface area contributed by atoms with Crippen molar-refractivity contribution in [3.05, 3.63) is 51.4 Å². The number of primary amides is 1. The Kier molecular flexibility index (Phi) is 5.90. The van der Waals surface area contributed by atoms with Crippen LogP contribution in [0, 0.1) is 12.8 Å². The number of carbonyl (C=O) groups excluding carboxylic acids is 3. The molecule has 3 amide bonds. The van der Waals surface area contributed by atoms with E-state index in [1.54, 1.807) is 4.90 Å². The van der Waals surface area contributed by atoms with Crippen LogP contribution < -0.4 is 11.1 Å². The van der Waals surface area contributed by atoms with Gasteiger partial charge in [-0.05, 0) is 43.7 Å². The normalized spacial score (nSPS) is 18.8. The molecule has 30 heavy (non-hydrogen) atoms. The molecule has 1 fully saturated rings. The van der Waals surface area contributed by atoms with Gasteiger partial charge >= 0.3 is 0 Å². The van der Waals surface area contributed by atoms with Crippen molar-refractivity contribution in [3.63, 3.8) is 0 Å². The fourth-order valence-electron chi connectivity index (χ4n) is 4.32. The van der Waals surface area contributed by atoms with Crippen LogP contribution in [-0.4, -0.2) is 29.2 Å². The number of likely N-dealkylation sites (tertiary alicyclic amines) is 1. The topological polar surface area (TPSA) is 92.5 Å². The summed E-state index contributed by atoms with van der Waals surface area (Å²) in [4.78, 5) is 40.4. The van der Waals surface area contributed by atoms with Crippen LogP contribution in [0.1, 0.15) is 57.6 Å². The number of hydrogen-bond acceptors (Lipinski definition) is 4. The highest BCUT2D eigenvalue weighted by atomic mass is 32.1. The van der Waals surface area contributed by atoms with Crippen LogP contribution in [0.2, 0.25) is 0 Å². The Hall–Kier alpha value is -2.67. The number of nitrogens with one attached hydrogen (secondary N) is 1. The van der Waals surface area contributed by atoms with Gasteiger partial charge in [0.2, 0.25) is 11.8 Å². The second kappa shape index (κ2) is 8.60. The van der Waals surface area contributed by atoms with Gasteiger partial charge in [-0.25, -0.2) is 0 Å². The van der Waals surface area contributed by atoms with Crippen LogP contribution >= 0.6 is 11.3 Å². The monoisotopic (exact) mass is 425 g/mol. The van der Waals surface area contributed by atoms with E-state index >= 15 is 0 Å². The molecule has 1 saturated heterocycles. The quantitative estimate of drug-likeness (QED) is 0.719. The van der Waals surface area contributed by atoms with Crippen LogP contribution in [-0.2, 0) is 29.0 Å². The molecule has 7 heteroatoms. The van der Waals surface area contributed by atoms with Gasteiger partial charge in [0.05, 0.1) is 11.5 Å². The maximum absolute atomic E-state index is 12.9. The molecule has 6 nitrogen and oxygen atoms in total. The van der Waals surface area contributed by atoms with Crippen molar-refractivity contribution in [2.24, 2.45) is 11.7 Å². The molecule has 2 aliphatic rings. The molecule has 1 atom stereocenters. The summed E-state index contributed by atoms with van der Waals surface area (Å²) in [6.07, 6.45) is 5.19. The van der Waals surface area contributed by atoms with Crippen LogP contribution in [0.4, 0.5) is 5.00 Å². The number of nitrogens with zero attached hydrogens (tertiary/aromatic N) is 1. The first-order chi connectivity index (χ1) is 14.4. The number of rotatable bonds is 5. The number of benzene rings is 1. The van der Waals surface area contributed by atoms with E-state index in [1.807, 2.05) is 31.2 Å². The molecule has 1 aliphatic heterocycles. The van der Waals surface area contributed by atoms with Gasteiger partial charge < -0.3 is 16.0 Å². The Morgan fingerprint density at radius 1 is 1.17 bits per heavy atom. The maximum Gasteiger partial charge on any atom is 0.251 e. The Bertz CT molecular complexity index is 980. The third-order valence-corrected chi connectivity index (χ3v) is 7.19. The number of amides is 3. The first-order valence-corrected chi connectivity index (χ1v) is 11.3. The van der Waals surface area contributed by atoms with Gasteiger partial charge in [-0.3, -0.25) is 14.4 Å². The summed E-state index contributed by atoms with van der Waals surface area (Å²) in [5.74, 6) is -1.15. The third kappa shape index (κ3) is 4.26. The van der Waals surface area contributed by atoms with E-state index in [0.29, 0.717) is 23.7 Å². The highest BCUT2D eigenvalue weighted by Gasteiger charge is 2.35. The first kappa shape index (κ1) is 20.6. The van der Waals surface area contributed by atoms with Gasteiger partial charge in [-0.1, -0.05) is 36.2 Å². The fourth-order valence-corrected chi connectivity index (χ4v) is 5.62. The summed E-state index contributed by atoms with van der Waals surface area (Å²) >= 11 is 1.46. The molecule has 3 N–H and O–H groups in total. The van der Waals surface area contributed by atoms with Crippen molar-refractivity contribution in [1.29, 1.82) is 0 Å². The minimum atomic E-state index is -0.492. The SMILES string of the molecule is Cc1ccc(CN2CC(C(=O)Nc3sc4c(c3C(N)=O)CCCCC4)CC2=O)cc1. The largest absolute Gasteiger partial charge is 0.365 e. The van der Waals surface area contributed by atoms with Gasteiger partial charge in [-0.15, -0.1) is 11.3 Å². The van der Waals surface area contributed by atoms with Crippen molar-refractivity contribution >= 4 is 34.1 Å². The predicted molar refractivity (Wildman–Crippen MR) is 117 cm³/mol. The molecule has 2 aromatic rings. The molecular weight excluding hydrogens is 398 g/mol. The van der Waals surface area contributed by atoms with Gasteiger partial charge in [-0.2, -0.15) is 0 Å². The van der Waals surface area contributed by atoms with Crippen molar-refractivity contribution in [1.82, 2.24) is 4.90 Å². The highest BCUT2D eigenvalue weighted by molar-refractivity contribution is 7.17. The summed E-state index contributed by atoms with van der Waals surface area (Å²) in [5, 5.41) is 3.47. The van der Waals surface area contributed by atoms with E-state index in [0.717, 1.165) is 48.1 Å². The minimum Gasteiger partial charge on any atom is -0.365 e. The second-order valence-electron chi connectivity index (χ2n) is 8.28. The molecule has 0 spiro atoms. The van der Waals surface area contributed by atoms with Crippen molar-refractivity contribution < 1.29 is 14.4 Å². The average Bonchev–Trinajstić information content (AvgIpc) is 3.15. The molecular formula is C23H27N3O3S. The molecule has 2 heterocycles. The molecule has 0 bridgehead atoms. The summed E-state index contributed by atoms with van der Waals surface area (Å²) in [6, 6.07) is 8.06. The van der Waals surface area contributed by atoms with Crippen LogP contribution in [0.15, 0.2) is 24.3 Å². The molecule has 0 radical (unpaired) electrons. The lowest BCUT2D eigenvalue weighted by molar-refractivity contribution is -0.128. The van der Waals surface area contributed by atoms with Gasteiger partial charge in [0, 0.05) is 24.4 Å². The number of anilines is 1. The molecule has 1 aromatic carbocycles. The van der Waals surface area contributed by atoms with Crippen LogP contribution in [0.3, 0.4) is 0 Å². The van der Waals surface area contributed by atoms with Crippen molar-refractivity contribution in [3.8, 4) is 0 Å². The zero-order chi connectivity index (χ0) is 21.3. The standard InChI is InChI=1S/C23H27N3O3S/c1-14-7-9-15(10-8-14)12-26-13-16(11-19(26)27)22(29)25-23-20(21(24)28)17-5-3-2-4-6-18(17)30-23/h7-10,16H,2-6,11-13H2,1H3,(H2,24,28)(H,25,29). The zero-order valence-corrected chi connectivity index (χ0v) is 18.0. The average molecular weight is 426 g/mol. The number of fused-ring (bicyclic) bond motifs is 1. The van der Waals surface area contributed by atoms with Crippen LogP contribution in [0.25, 0.3) is 0 Å². The lowest BCUT2D eigenvalue weighted by Crippen LogP contribution is -2.28. The van der Waals surface area contributed by atoms with E-state index in [2.05, 4.69) is 5.32 Å². The number of hydrogen-bond donors (Lipinski definition) is 2.